The van der Waals surface area contributed by atoms with Gasteiger partial charge >= 0.3 is 11.9 Å². The van der Waals surface area contributed by atoms with Crippen LogP contribution in [0.2, 0.25) is 0 Å². The number of ether oxygens (including phenoxy) is 2. The molecule has 8 heteroatoms. The molecule has 0 radical (unpaired) electrons. The van der Waals surface area contributed by atoms with Crippen LogP contribution in [-0.2, 0) is 19.1 Å². The minimum Gasteiger partial charge on any atom is -0.448 e. The Morgan fingerprint density at radius 1 is 0.769 bits per heavy atom. The molecule has 4 nitrogen and oxygen atoms in total. The van der Waals surface area contributed by atoms with Crippen molar-refractivity contribution < 1.29 is 19.1 Å². The maximum absolute atomic E-state index is 11.5. The van der Waals surface area contributed by atoms with Gasteiger partial charge in [-0.15, -0.1) is 47.0 Å². The fourth-order valence-corrected chi connectivity index (χ4v) is 6.55. The SMILES string of the molecule is C=C(C)C(=O)OC(C)SC(C)SCCSC(C)SC(C)OC(=O)C(=C)C. The largest absolute Gasteiger partial charge is 0.448 e. The van der Waals surface area contributed by atoms with E-state index in [0.717, 1.165) is 11.5 Å². The van der Waals surface area contributed by atoms with E-state index < -0.39 is 0 Å². The Balaban J connectivity index is 3.89. The Hall–Kier alpha value is -0.180. The van der Waals surface area contributed by atoms with Crippen LogP contribution in [0, 0.1) is 0 Å². The number of esters is 2. The molecule has 0 aliphatic heterocycles. The summed E-state index contributed by atoms with van der Waals surface area (Å²) in [6.07, 6.45) is 0. The number of carbonyl (C=O) groups excluding carboxylic acids is 2. The van der Waals surface area contributed by atoms with Gasteiger partial charge in [0.15, 0.2) is 0 Å². The Labute approximate surface area is 175 Å². The Kier molecular flexibility index (Phi) is 13.8. The van der Waals surface area contributed by atoms with Crippen LogP contribution in [0.15, 0.2) is 24.3 Å². The number of carbonyl (C=O) groups is 2. The summed E-state index contributed by atoms with van der Waals surface area (Å²) in [7, 11) is 0. The maximum Gasteiger partial charge on any atom is 0.334 e. The first-order valence-corrected chi connectivity index (χ1v) is 12.3. The van der Waals surface area contributed by atoms with E-state index in [1.807, 2.05) is 37.4 Å². The van der Waals surface area contributed by atoms with Gasteiger partial charge in [0.1, 0.15) is 10.9 Å². The van der Waals surface area contributed by atoms with Crippen molar-refractivity contribution in [2.24, 2.45) is 0 Å². The molecule has 4 unspecified atom stereocenters. The van der Waals surface area contributed by atoms with Gasteiger partial charge in [-0.25, -0.2) is 9.59 Å². The van der Waals surface area contributed by atoms with Crippen LogP contribution in [0.1, 0.15) is 41.5 Å². The molecule has 0 saturated carbocycles. The fourth-order valence-electron chi connectivity index (χ4n) is 1.60. The van der Waals surface area contributed by atoms with Gasteiger partial charge in [-0.05, 0) is 41.5 Å². The van der Waals surface area contributed by atoms with Crippen molar-refractivity contribution in [2.75, 3.05) is 11.5 Å². The smallest absolute Gasteiger partial charge is 0.334 e. The second-order valence-corrected chi connectivity index (χ2v) is 12.4. The van der Waals surface area contributed by atoms with Crippen LogP contribution < -0.4 is 0 Å². The highest BCUT2D eigenvalue weighted by Crippen LogP contribution is 2.31. The molecule has 0 spiro atoms. The van der Waals surface area contributed by atoms with Crippen molar-refractivity contribution in [1.82, 2.24) is 0 Å². The predicted molar refractivity (Wildman–Crippen MR) is 120 cm³/mol. The van der Waals surface area contributed by atoms with E-state index in [1.165, 1.54) is 0 Å². The molecular formula is C18H30O4S4. The van der Waals surface area contributed by atoms with Gasteiger partial charge in [-0.1, -0.05) is 13.2 Å². The van der Waals surface area contributed by atoms with Crippen molar-refractivity contribution in [3.63, 3.8) is 0 Å². The normalized spacial score (nSPS) is 15.5. The van der Waals surface area contributed by atoms with Crippen molar-refractivity contribution in [2.45, 2.75) is 61.6 Å². The lowest BCUT2D eigenvalue weighted by Gasteiger charge is -2.19. The molecule has 0 aliphatic rings. The average molecular weight is 439 g/mol. The van der Waals surface area contributed by atoms with Crippen LogP contribution in [0.4, 0.5) is 0 Å². The zero-order valence-corrected chi connectivity index (χ0v) is 19.7. The van der Waals surface area contributed by atoms with Gasteiger partial charge in [-0.3, -0.25) is 0 Å². The summed E-state index contributed by atoms with van der Waals surface area (Å²) in [5.74, 6) is 1.32. The molecule has 26 heavy (non-hydrogen) atoms. The van der Waals surface area contributed by atoms with E-state index in [0.29, 0.717) is 20.3 Å². The van der Waals surface area contributed by atoms with Gasteiger partial charge in [0, 0.05) is 22.7 Å². The lowest BCUT2D eigenvalue weighted by molar-refractivity contribution is -0.140. The van der Waals surface area contributed by atoms with Crippen molar-refractivity contribution >= 4 is 59.0 Å². The highest BCUT2D eigenvalue weighted by molar-refractivity contribution is 8.19. The molecule has 0 fully saturated rings. The van der Waals surface area contributed by atoms with E-state index in [-0.39, 0.29) is 22.8 Å². The summed E-state index contributed by atoms with van der Waals surface area (Å²) < 4.78 is 11.2. The topological polar surface area (TPSA) is 52.6 Å². The summed E-state index contributed by atoms with van der Waals surface area (Å²) in [5.41, 5.74) is 0.466. The number of hydrogen-bond donors (Lipinski definition) is 0. The molecule has 0 aromatic rings. The minimum absolute atomic E-state index is 0.187. The van der Waals surface area contributed by atoms with Crippen LogP contribution in [0.25, 0.3) is 0 Å². The van der Waals surface area contributed by atoms with Crippen LogP contribution in [-0.4, -0.2) is 43.5 Å². The number of thioether (sulfide) groups is 4. The second kappa shape index (κ2) is 13.9. The Morgan fingerprint density at radius 2 is 1.08 bits per heavy atom. The first-order chi connectivity index (χ1) is 12.0. The Morgan fingerprint density at radius 3 is 1.35 bits per heavy atom. The van der Waals surface area contributed by atoms with Crippen LogP contribution in [0.5, 0.6) is 0 Å². The summed E-state index contributed by atoms with van der Waals surface area (Å²) in [4.78, 5) is 23.0. The Bertz CT molecular complexity index is 452. The highest BCUT2D eigenvalue weighted by atomic mass is 32.2. The first-order valence-electron chi connectivity index (χ1n) is 8.30. The van der Waals surface area contributed by atoms with E-state index in [9.17, 15) is 9.59 Å². The number of hydrogen-bond acceptors (Lipinski definition) is 8. The summed E-state index contributed by atoms with van der Waals surface area (Å²) >= 11 is 6.92. The van der Waals surface area contributed by atoms with E-state index >= 15 is 0 Å². The summed E-state index contributed by atoms with van der Waals surface area (Å²) in [6, 6.07) is 0. The maximum atomic E-state index is 11.5. The minimum atomic E-state index is -0.343. The molecule has 0 aliphatic carbocycles. The van der Waals surface area contributed by atoms with Gasteiger partial charge in [0.2, 0.25) is 0 Å². The van der Waals surface area contributed by atoms with Gasteiger partial charge < -0.3 is 9.47 Å². The molecule has 0 amide bonds. The van der Waals surface area contributed by atoms with Crippen molar-refractivity contribution in [3.8, 4) is 0 Å². The third-order valence-corrected chi connectivity index (χ3v) is 8.08. The lowest BCUT2D eigenvalue weighted by Crippen LogP contribution is -2.14. The molecule has 0 aromatic heterocycles. The molecular weight excluding hydrogens is 408 g/mol. The van der Waals surface area contributed by atoms with Gasteiger partial charge in [0.05, 0.1) is 9.16 Å². The zero-order valence-electron chi connectivity index (χ0n) is 16.4. The lowest BCUT2D eigenvalue weighted by atomic mass is 10.4. The van der Waals surface area contributed by atoms with Crippen molar-refractivity contribution in [3.05, 3.63) is 24.3 Å². The molecule has 0 heterocycles. The first kappa shape index (κ1) is 25.8. The molecule has 0 N–H and O–H groups in total. The van der Waals surface area contributed by atoms with E-state index in [1.54, 1.807) is 37.4 Å². The molecule has 0 bridgehead atoms. The monoisotopic (exact) mass is 438 g/mol. The summed E-state index contributed by atoms with van der Waals surface area (Å²) in [5, 5.41) is 0. The van der Waals surface area contributed by atoms with E-state index in [2.05, 4.69) is 27.0 Å². The molecule has 4 atom stereocenters. The third-order valence-electron chi connectivity index (χ3n) is 2.80. The van der Waals surface area contributed by atoms with E-state index in [4.69, 9.17) is 9.47 Å². The third kappa shape index (κ3) is 13.1. The zero-order chi connectivity index (χ0) is 20.3. The van der Waals surface area contributed by atoms with Crippen LogP contribution >= 0.6 is 47.0 Å². The average Bonchev–Trinajstić information content (AvgIpc) is 2.50. The predicted octanol–water partition coefficient (Wildman–Crippen LogP) is 5.54. The fraction of sp³-hybridized carbons (Fsp3) is 0.667. The summed E-state index contributed by atoms with van der Waals surface area (Å²) in [6.45, 7) is 18.4. The molecule has 0 rings (SSSR count). The molecule has 0 saturated heterocycles. The van der Waals surface area contributed by atoms with Gasteiger partial charge in [0.25, 0.3) is 0 Å². The standard InChI is InChI=1S/C18H30O4S4/c1-11(2)17(19)21-13(5)25-15(7)23-9-10-24-16(8)26-14(6)22-18(20)12(3)4/h13-16H,1,3,9-10H2,2,4-8H3. The quantitative estimate of drug-likeness (QED) is 0.161. The molecule has 150 valence electrons. The van der Waals surface area contributed by atoms with Crippen LogP contribution in [0.3, 0.4) is 0 Å². The number of rotatable bonds is 13. The molecule has 0 aromatic carbocycles. The van der Waals surface area contributed by atoms with Crippen molar-refractivity contribution in [1.29, 1.82) is 0 Å². The van der Waals surface area contributed by atoms with Gasteiger partial charge in [-0.2, -0.15) is 0 Å². The second-order valence-electron chi connectivity index (χ2n) is 5.66. The highest BCUT2D eigenvalue weighted by Gasteiger charge is 2.16.